The number of fused-ring (bicyclic) bond motifs is 1. The zero-order chi connectivity index (χ0) is 17.9. The maximum atomic E-state index is 12.4. The van der Waals surface area contributed by atoms with Gasteiger partial charge in [-0.3, -0.25) is 10.1 Å². The number of nitrogens with one attached hydrogen (secondary N) is 1. The minimum atomic E-state index is -0.742. The molecule has 132 valence electrons. The average molecular weight is 369 g/mol. The summed E-state index contributed by atoms with van der Waals surface area (Å²) in [6.07, 6.45) is -0.742. The lowest BCUT2D eigenvalue weighted by Gasteiger charge is -2.25. The number of nitrogens with zero attached hydrogens (tertiary/aromatic N) is 2. The summed E-state index contributed by atoms with van der Waals surface area (Å²) in [6.45, 7) is 0.143. The van der Waals surface area contributed by atoms with Crippen molar-refractivity contribution in [2.75, 3.05) is 19.0 Å². The second-order valence-corrected chi connectivity index (χ2v) is 6.48. The van der Waals surface area contributed by atoms with Crippen LogP contribution in [-0.4, -0.2) is 35.9 Å². The Balaban J connectivity index is 1.45. The van der Waals surface area contributed by atoms with Gasteiger partial charge in [0.1, 0.15) is 17.4 Å². The molecule has 8 heteroatoms. The van der Waals surface area contributed by atoms with Crippen LogP contribution >= 0.6 is 11.3 Å². The SMILES string of the molecule is COc1cccc(-c2nnc(NC(=O)[C@@H]3COc4ccccc4O3)s2)c1. The van der Waals surface area contributed by atoms with Crippen LogP contribution in [0.25, 0.3) is 10.6 Å². The van der Waals surface area contributed by atoms with Crippen molar-refractivity contribution in [2.24, 2.45) is 0 Å². The molecule has 1 amide bonds. The lowest BCUT2D eigenvalue weighted by atomic mass is 10.2. The second-order valence-electron chi connectivity index (χ2n) is 5.50. The summed E-state index contributed by atoms with van der Waals surface area (Å²) in [6, 6.07) is 14.7. The van der Waals surface area contributed by atoms with Crippen LogP contribution in [0.15, 0.2) is 48.5 Å². The Morgan fingerprint density at radius 2 is 2.04 bits per heavy atom. The molecule has 1 N–H and O–H groups in total. The Bertz CT molecular complexity index is 943. The van der Waals surface area contributed by atoms with Gasteiger partial charge in [0.15, 0.2) is 11.5 Å². The van der Waals surface area contributed by atoms with Gasteiger partial charge >= 0.3 is 0 Å². The van der Waals surface area contributed by atoms with Gasteiger partial charge in [-0.2, -0.15) is 0 Å². The molecule has 2 heterocycles. The Labute approximate surface area is 153 Å². The summed E-state index contributed by atoms with van der Waals surface area (Å²) in [5.41, 5.74) is 0.869. The Kier molecular flexibility index (Phi) is 4.40. The number of aromatic nitrogens is 2. The summed E-state index contributed by atoms with van der Waals surface area (Å²) < 4.78 is 16.5. The van der Waals surface area contributed by atoms with E-state index in [2.05, 4.69) is 15.5 Å². The summed E-state index contributed by atoms with van der Waals surface area (Å²) in [5.74, 6) is 1.59. The molecule has 0 aliphatic carbocycles. The van der Waals surface area contributed by atoms with Gasteiger partial charge in [-0.15, -0.1) is 10.2 Å². The van der Waals surface area contributed by atoms with Crippen molar-refractivity contribution < 1.29 is 19.0 Å². The molecule has 0 unspecified atom stereocenters. The van der Waals surface area contributed by atoms with Gasteiger partial charge in [0.25, 0.3) is 5.91 Å². The summed E-state index contributed by atoms with van der Waals surface area (Å²) >= 11 is 1.28. The van der Waals surface area contributed by atoms with Crippen LogP contribution in [0.4, 0.5) is 5.13 Å². The van der Waals surface area contributed by atoms with E-state index in [9.17, 15) is 4.79 Å². The predicted molar refractivity (Wildman–Crippen MR) is 96.9 cm³/mol. The van der Waals surface area contributed by atoms with Gasteiger partial charge in [0.05, 0.1) is 7.11 Å². The standard InChI is InChI=1S/C18H15N3O4S/c1-23-12-6-4-5-11(9-12)17-20-21-18(26-17)19-16(22)15-10-24-13-7-2-3-8-14(13)25-15/h2-9,15H,10H2,1H3,(H,19,21,22)/t15-/m0/s1. The van der Waals surface area contributed by atoms with Crippen LogP contribution in [-0.2, 0) is 4.79 Å². The van der Waals surface area contributed by atoms with E-state index in [4.69, 9.17) is 14.2 Å². The molecule has 1 aromatic heterocycles. The number of benzene rings is 2. The van der Waals surface area contributed by atoms with Crippen LogP contribution in [0.1, 0.15) is 0 Å². The minimum Gasteiger partial charge on any atom is -0.497 e. The van der Waals surface area contributed by atoms with Crippen molar-refractivity contribution in [1.82, 2.24) is 10.2 Å². The van der Waals surface area contributed by atoms with E-state index in [-0.39, 0.29) is 12.5 Å². The molecule has 0 bridgehead atoms. The first-order valence-corrected chi connectivity index (χ1v) is 8.72. The average Bonchev–Trinajstić information content (AvgIpc) is 3.16. The fourth-order valence-corrected chi connectivity index (χ4v) is 3.22. The van der Waals surface area contributed by atoms with Crippen molar-refractivity contribution in [3.8, 4) is 27.8 Å². The number of carbonyl (C=O) groups excluding carboxylic acids is 1. The van der Waals surface area contributed by atoms with E-state index >= 15 is 0 Å². The molecular weight excluding hydrogens is 354 g/mol. The van der Waals surface area contributed by atoms with Gasteiger partial charge in [-0.05, 0) is 24.3 Å². The van der Waals surface area contributed by atoms with E-state index in [0.29, 0.717) is 21.6 Å². The van der Waals surface area contributed by atoms with Gasteiger partial charge in [-0.1, -0.05) is 35.6 Å². The number of amides is 1. The van der Waals surface area contributed by atoms with Crippen LogP contribution in [0, 0.1) is 0 Å². The third-order valence-corrected chi connectivity index (χ3v) is 4.66. The fourth-order valence-electron chi connectivity index (χ4n) is 2.48. The smallest absolute Gasteiger partial charge is 0.270 e. The molecule has 1 aliphatic rings. The predicted octanol–water partition coefficient (Wildman–Crippen LogP) is 2.99. The number of ether oxygens (including phenoxy) is 3. The van der Waals surface area contributed by atoms with E-state index in [1.54, 1.807) is 19.2 Å². The molecule has 26 heavy (non-hydrogen) atoms. The van der Waals surface area contributed by atoms with Gasteiger partial charge in [0.2, 0.25) is 11.2 Å². The molecule has 4 rings (SSSR count). The molecule has 2 aromatic carbocycles. The third kappa shape index (κ3) is 3.31. The molecule has 0 saturated carbocycles. The number of carbonyl (C=O) groups is 1. The molecule has 7 nitrogen and oxygen atoms in total. The van der Waals surface area contributed by atoms with E-state index < -0.39 is 6.10 Å². The van der Waals surface area contributed by atoms with Gasteiger partial charge < -0.3 is 14.2 Å². The van der Waals surface area contributed by atoms with Crippen molar-refractivity contribution in [3.05, 3.63) is 48.5 Å². The van der Waals surface area contributed by atoms with E-state index in [1.807, 2.05) is 36.4 Å². The third-order valence-electron chi connectivity index (χ3n) is 3.77. The lowest BCUT2D eigenvalue weighted by molar-refractivity contribution is -0.125. The highest BCUT2D eigenvalue weighted by atomic mass is 32.1. The van der Waals surface area contributed by atoms with E-state index in [1.165, 1.54) is 11.3 Å². The zero-order valence-electron chi connectivity index (χ0n) is 13.8. The van der Waals surface area contributed by atoms with Crippen LogP contribution in [0.2, 0.25) is 0 Å². The number of rotatable bonds is 4. The number of anilines is 1. The highest BCUT2D eigenvalue weighted by Crippen LogP contribution is 2.32. The van der Waals surface area contributed by atoms with Gasteiger partial charge in [-0.25, -0.2) is 0 Å². The lowest BCUT2D eigenvalue weighted by Crippen LogP contribution is -2.40. The topological polar surface area (TPSA) is 82.6 Å². The molecule has 1 aliphatic heterocycles. The van der Waals surface area contributed by atoms with Gasteiger partial charge in [0, 0.05) is 5.56 Å². The molecule has 0 saturated heterocycles. The van der Waals surface area contributed by atoms with Crippen molar-refractivity contribution >= 4 is 22.4 Å². The van der Waals surface area contributed by atoms with Crippen LogP contribution < -0.4 is 19.5 Å². The molecule has 0 spiro atoms. The molecule has 3 aromatic rings. The highest BCUT2D eigenvalue weighted by Gasteiger charge is 2.28. The minimum absolute atomic E-state index is 0.143. The first-order chi connectivity index (χ1) is 12.7. The molecule has 1 atom stereocenters. The maximum absolute atomic E-state index is 12.4. The fraction of sp³-hybridized carbons (Fsp3) is 0.167. The van der Waals surface area contributed by atoms with Crippen molar-refractivity contribution in [1.29, 1.82) is 0 Å². The number of hydrogen-bond acceptors (Lipinski definition) is 7. The summed E-state index contributed by atoms with van der Waals surface area (Å²) in [5, 5.41) is 12.0. The van der Waals surface area contributed by atoms with Crippen molar-refractivity contribution in [2.45, 2.75) is 6.10 Å². The first kappa shape index (κ1) is 16.3. The zero-order valence-corrected chi connectivity index (χ0v) is 14.7. The number of methoxy groups -OCH3 is 1. The summed E-state index contributed by atoms with van der Waals surface area (Å²) in [4.78, 5) is 12.4. The van der Waals surface area contributed by atoms with Crippen LogP contribution in [0.3, 0.4) is 0 Å². The first-order valence-electron chi connectivity index (χ1n) is 7.90. The summed E-state index contributed by atoms with van der Waals surface area (Å²) in [7, 11) is 1.61. The molecule has 0 radical (unpaired) electrons. The number of para-hydroxylation sites is 2. The molecule has 0 fully saturated rings. The second kappa shape index (κ2) is 7.01. The molecular formula is C18H15N3O4S. The quantitative estimate of drug-likeness (QED) is 0.761. The number of hydrogen-bond donors (Lipinski definition) is 1. The van der Waals surface area contributed by atoms with E-state index in [0.717, 1.165) is 11.3 Å². The Morgan fingerprint density at radius 1 is 1.19 bits per heavy atom. The highest BCUT2D eigenvalue weighted by molar-refractivity contribution is 7.18. The largest absolute Gasteiger partial charge is 0.497 e. The van der Waals surface area contributed by atoms with Crippen LogP contribution in [0.5, 0.6) is 17.2 Å². The normalized spacial score (nSPS) is 15.3. The van der Waals surface area contributed by atoms with Crippen molar-refractivity contribution in [3.63, 3.8) is 0 Å². The Morgan fingerprint density at radius 3 is 2.88 bits per heavy atom. The maximum Gasteiger partial charge on any atom is 0.270 e. The monoisotopic (exact) mass is 369 g/mol. The Hall–Kier alpha value is -3.13.